The second-order valence-electron chi connectivity index (χ2n) is 24.4. The summed E-state index contributed by atoms with van der Waals surface area (Å²) >= 11 is 0. The number of hydrogen-bond acceptors (Lipinski definition) is 13. The van der Waals surface area contributed by atoms with Crippen molar-refractivity contribution in [2.24, 2.45) is 0 Å². The molecule has 0 fully saturated rings. The molecule has 0 amide bonds. The third kappa shape index (κ3) is 15.7. The lowest BCUT2D eigenvalue weighted by Gasteiger charge is -2.42. The molecule has 0 radical (unpaired) electrons. The molecule has 6 atom stereocenters. The molecule has 496 valence electrons. The quantitative estimate of drug-likeness (QED) is 0.0448. The number of aliphatic hydroxyl groups excluding tert-OH is 3. The van der Waals surface area contributed by atoms with Crippen LogP contribution in [-0.4, -0.2) is 27.5 Å². The highest BCUT2D eigenvalue weighted by molar-refractivity contribution is 5.68. The summed E-state index contributed by atoms with van der Waals surface area (Å²) in [4.78, 5) is 0. The summed E-state index contributed by atoms with van der Waals surface area (Å²) in [7, 11) is 0. The first-order valence-corrected chi connectivity index (χ1v) is 33.2. The molecule has 0 spiro atoms. The molecule has 0 saturated heterocycles. The Labute approximate surface area is 576 Å². The molecule has 3 N–H and O–H groups in total. The first-order chi connectivity index (χ1) is 48.8. The van der Waals surface area contributed by atoms with Crippen LogP contribution < -0.4 is 47.4 Å². The van der Waals surface area contributed by atoms with Gasteiger partial charge in [-0.15, -0.1) is 0 Å². The molecule has 99 heavy (non-hydrogen) atoms. The monoisotopic (exact) mass is 1310 g/mol. The Hall–Kier alpha value is -11.5. The lowest BCUT2D eigenvalue weighted by Crippen LogP contribution is -2.38. The van der Waals surface area contributed by atoms with Crippen molar-refractivity contribution in [1.29, 1.82) is 0 Å². The smallest absolute Gasteiger partial charge is 0.162 e. The number of hydrogen-bond donors (Lipinski definition) is 3. The molecular formula is C86H74O13. The van der Waals surface area contributed by atoms with Crippen molar-refractivity contribution in [3.8, 4) is 57.5 Å². The van der Waals surface area contributed by atoms with Crippen LogP contribution in [0.4, 0.5) is 0 Å². The Kier molecular flexibility index (Phi) is 20.4. The van der Waals surface area contributed by atoms with Crippen molar-refractivity contribution in [3.05, 3.63) is 370 Å². The van der Waals surface area contributed by atoms with Gasteiger partial charge in [0.05, 0.1) is 11.5 Å². The van der Waals surface area contributed by atoms with E-state index in [1.165, 1.54) is 0 Å². The first-order valence-electron chi connectivity index (χ1n) is 33.2. The van der Waals surface area contributed by atoms with Crippen LogP contribution in [-0.2, 0) is 52.9 Å². The molecule has 2 aliphatic heterocycles. The molecular weight excluding hydrogens is 1240 g/mol. The van der Waals surface area contributed by atoms with E-state index in [2.05, 4.69) is 0 Å². The fraction of sp³-hybridized carbons (Fsp3) is 0.163. The first kappa shape index (κ1) is 64.8. The highest BCUT2D eigenvalue weighted by atomic mass is 16.5. The van der Waals surface area contributed by atoms with Crippen LogP contribution in [0.2, 0.25) is 0 Å². The molecule has 1 unspecified atom stereocenters. The van der Waals surface area contributed by atoms with Gasteiger partial charge < -0.3 is 62.7 Å². The van der Waals surface area contributed by atoms with Crippen LogP contribution in [0, 0.1) is 0 Å². The van der Waals surface area contributed by atoms with Gasteiger partial charge in [0.25, 0.3) is 0 Å². The Balaban J connectivity index is 0.965. The van der Waals surface area contributed by atoms with Crippen molar-refractivity contribution in [1.82, 2.24) is 0 Å². The maximum Gasteiger partial charge on any atom is 0.162 e. The largest absolute Gasteiger partial charge is 0.489 e. The van der Waals surface area contributed by atoms with E-state index in [-0.39, 0.29) is 75.7 Å². The van der Waals surface area contributed by atoms with Crippen LogP contribution in [0.5, 0.6) is 57.5 Å². The molecule has 0 saturated carbocycles. The zero-order valence-electron chi connectivity index (χ0n) is 54.3. The molecule has 13 heteroatoms. The zero-order valence-corrected chi connectivity index (χ0v) is 54.3. The molecule has 2 heterocycles. The van der Waals surface area contributed by atoms with Gasteiger partial charge in [0.1, 0.15) is 106 Å². The highest BCUT2D eigenvalue weighted by Crippen LogP contribution is 2.60. The van der Waals surface area contributed by atoms with E-state index in [4.69, 9.17) is 47.4 Å². The van der Waals surface area contributed by atoms with Gasteiger partial charge in [-0.25, -0.2) is 0 Å². The SMILES string of the molecule is OC1c2c(OCc3ccccc3)cc(OCc3ccccc3)c([C@H]3c4c(OCc5ccccc5)cc(OCc5ccccc5)cc4O[C@H](c4ccc(OCc5ccccc5)c(OCc5ccccc5)c4)[C@@H]3O)c2O[C@H](c2ccc(OCc3ccccc3)c(OCc3ccccc3)c2)[C@@H]1O. The molecule has 14 rings (SSSR count). The summed E-state index contributed by atoms with van der Waals surface area (Å²) in [6, 6.07) is 94.8. The van der Waals surface area contributed by atoms with Gasteiger partial charge in [0, 0.05) is 29.3 Å². The maximum atomic E-state index is 14.2. The second-order valence-corrected chi connectivity index (χ2v) is 24.4. The van der Waals surface area contributed by atoms with Gasteiger partial charge in [-0.2, -0.15) is 0 Å². The summed E-state index contributed by atoms with van der Waals surface area (Å²) in [5, 5.41) is 40.3. The van der Waals surface area contributed by atoms with E-state index in [0.717, 1.165) is 44.5 Å². The van der Waals surface area contributed by atoms with E-state index in [9.17, 15) is 15.3 Å². The number of benzene rings is 12. The van der Waals surface area contributed by atoms with E-state index in [0.29, 0.717) is 62.5 Å². The van der Waals surface area contributed by atoms with Gasteiger partial charge in [-0.1, -0.05) is 255 Å². The minimum atomic E-state index is -1.67. The minimum Gasteiger partial charge on any atom is -0.489 e. The lowest BCUT2D eigenvalue weighted by atomic mass is 9.77. The van der Waals surface area contributed by atoms with Gasteiger partial charge in [-0.3, -0.25) is 0 Å². The van der Waals surface area contributed by atoms with Gasteiger partial charge in [-0.05, 0) is 79.9 Å². The molecule has 0 aliphatic carbocycles. The number of fused-ring (bicyclic) bond motifs is 2. The summed E-state index contributed by atoms with van der Waals surface area (Å²) < 4.78 is 69.0. The predicted octanol–water partition coefficient (Wildman–Crippen LogP) is 17.5. The summed E-state index contributed by atoms with van der Waals surface area (Å²) in [5.41, 5.74) is 9.11. The third-order valence-corrected chi connectivity index (χ3v) is 17.6. The van der Waals surface area contributed by atoms with Crippen LogP contribution in [0.15, 0.2) is 297 Å². The second kappa shape index (κ2) is 31.2. The van der Waals surface area contributed by atoms with E-state index in [1.54, 1.807) is 24.3 Å². The maximum absolute atomic E-state index is 14.2. The Bertz CT molecular complexity index is 4570. The van der Waals surface area contributed by atoms with E-state index in [1.807, 2.05) is 273 Å². The standard InChI is InChI=1S/C86H74O13/c87-81-79-75(97-57-65-39-23-8-24-40-65)49-74(96-56-64-37-21-7-22-38-64)78(86(79)99-85(83(81)89)67-42-44-70(92-52-60-29-13-3-14-30-60)72(46-67)94-54-62-33-17-5-18-34-62)80-77-73(95-55-63-35-19-6-20-36-63)47-68(90-50-58-25-9-1-10-26-58)48-76(77)98-84(82(80)88)66-41-43-69(91-51-59-27-11-2-12-28-59)71(45-66)93-53-61-31-15-4-16-32-61/h1-49,80-85,87-89H,50-57H2/t80-,81?,82-,83-,84-,85-/m1/s1. The fourth-order valence-corrected chi connectivity index (χ4v) is 12.5. The van der Waals surface area contributed by atoms with Crippen LogP contribution >= 0.6 is 0 Å². The van der Waals surface area contributed by atoms with Crippen LogP contribution in [0.3, 0.4) is 0 Å². The number of rotatable bonds is 27. The van der Waals surface area contributed by atoms with Crippen molar-refractivity contribution in [3.63, 3.8) is 0 Å². The van der Waals surface area contributed by atoms with E-state index < -0.39 is 36.4 Å². The van der Waals surface area contributed by atoms with Gasteiger partial charge >= 0.3 is 0 Å². The average Bonchev–Trinajstić information content (AvgIpc) is 0.721. The van der Waals surface area contributed by atoms with Crippen LogP contribution in [0.25, 0.3) is 0 Å². The van der Waals surface area contributed by atoms with Crippen molar-refractivity contribution >= 4 is 0 Å². The van der Waals surface area contributed by atoms with Crippen LogP contribution in [0.1, 0.15) is 96.6 Å². The molecule has 13 nitrogen and oxygen atoms in total. The fourth-order valence-electron chi connectivity index (χ4n) is 12.5. The van der Waals surface area contributed by atoms with Crippen molar-refractivity contribution in [2.75, 3.05) is 0 Å². The predicted molar refractivity (Wildman–Crippen MR) is 378 cm³/mol. The van der Waals surface area contributed by atoms with Gasteiger partial charge in [0.2, 0.25) is 0 Å². The zero-order chi connectivity index (χ0) is 67.1. The molecule has 12 aromatic rings. The van der Waals surface area contributed by atoms with Crippen molar-refractivity contribution in [2.45, 2.75) is 89.3 Å². The van der Waals surface area contributed by atoms with E-state index >= 15 is 0 Å². The number of aliphatic hydroxyl groups is 3. The normalized spacial score (nSPS) is 16.7. The molecule has 0 aromatic heterocycles. The summed E-state index contributed by atoms with van der Waals surface area (Å²) in [6.45, 7) is 1.35. The van der Waals surface area contributed by atoms with Crippen molar-refractivity contribution < 1.29 is 62.7 Å². The highest BCUT2D eigenvalue weighted by Gasteiger charge is 2.49. The third-order valence-electron chi connectivity index (χ3n) is 17.6. The van der Waals surface area contributed by atoms with Gasteiger partial charge in [0.15, 0.2) is 35.2 Å². The Morgan fingerprint density at radius 3 is 0.919 bits per heavy atom. The number of ether oxygens (including phenoxy) is 10. The molecule has 0 bridgehead atoms. The average molecular weight is 1320 g/mol. The Morgan fingerprint density at radius 2 is 0.556 bits per heavy atom. The Morgan fingerprint density at radius 1 is 0.253 bits per heavy atom. The lowest BCUT2D eigenvalue weighted by molar-refractivity contribution is -0.0726. The molecule has 12 aromatic carbocycles. The topological polar surface area (TPSA) is 153 Å². The molecule has 2 aliphatic rings. The minimum absolute atomic E-state index is 0.0533. The summed E-state index contributed by atoms with van der Waals surface area (Å²) in [6.07, 6.45) is -7.26. The summed E-state index contributed by atoms with van der Waals surface area (Å²) in [5.74, 6) is 2.09.